The smallest absolute Gasteiger partial charge is 0.243 e. The lowest BCUT2D eigenvalue weighted by molar-refractivity contribution is -0.136. The van der Waals surface area contributed by atoms with Gasteiger partial charge >= 0.3 is 0 Å². The molecule has 0 aliphatic carbocycles. The molecule has 9 heteroatoms. The zero-order valence-corrected chi connectivity index (χ0v) is 21.2. The maximum absolute atomic E-state index is 13.2. The Hall–Kier alpha value is -1.97. The van der Waals surface area contributed by atoms with E-state index in [2.05, 4.69) is 10.2 Å². The van der Waals surface area contributed by atoms with Crippen LogP contribution in [0.4, 0.5) is 5.69 Å². The van der Waals surface area contributed by atoms with Crippen molar-refractivity contribution >= 4 is 27.5 Å². The van der Waals surface area contributed by atoms with Crippen molar-refractivity contribution in [3.63, 3.8) is 0 Å². The summed E-state index contributed by atoms with van der Waals surface area (Å²) >= 11 is 0. The summed E-state index contributed by atoms with van der Waals surface area (Å²) in [4.78, 5) is 29.1. The number of benzene rings is 1. The van der Waals surface area contributed by atoms with E-state index in [0.29, 0.717) is 43.6 Å². The Morgan fingerprint density at radius 1 is 0.971 bits per heavy atom. The number of anilines is 1. The van der Waals surface area contributed by atoms with Crippen LogP contribution in [0.3, 0.4) is 0 Å². The van der Waals surface area contributed by atoms with Crippen LogP contribution in [-0.4, -0.2) is 80.2 Å². The van der Waals surface area contributed by atoms with Crippen LogP contribution in [0.25, 0.3) is 0 Å². The normalized spacial score (nSPS) is 24.9. The summed E-state index contributed by atoms with van der Waals surface area (Å²) < 4.78 is 27.6. The topological polar surface area (TPSA) is 90.0 Å². The second-order valence-corrected chi connectivity index (χ2v) is 12.0. The van der Waals surface area contributed by atoms with E-state index < -0.39 is 10.0 Å². The van der Waals surface area contributed by atoms with Gasteiger partial charge in [0.15, 0.2) is 0 Å². The Bertz CT molecular complexity index is 971. The molecule has 2 amide bonds. The molecule has 0 aromatic heterocycles. The lowest BCUT2D eigenvalue weighted by Gasteiger charge is -2.45. The molecule has 1 N–H and O–H groups in total. The van der Waals surface area contributed by atoms with Crippen molar-refractivity contribution in [1.82, 2.24) is 14.1 Å². The van der Waals surface area contributed by atoms with Crippen LogP contribution >= 0.6 is 0 Å². The Morgan fingerprint density at radius 3 is 2.32 bits per heavy atom. The summed E-state index contributed by atoms with van der Waals surface area (Å²) in [6.07, 6.45) is 7.33. The molecule has 3 heterocycles. The molecule has 3 aliphatic rings. The van der Waals surface area contributed by atoms with E-state index in [1.165, 1.54) is 68.6 Å². The minimum Gasteiger partial charge on any atom is -0.345 e. The van der Waals surface area contributed by atoms with Crippen molar-refractivity contribution in [1.29, 1.82) is 0 Å². The third-order valence-corrected chi connectivity index (χ3v) is 9.64. The largest absolute Gasteiger partial charge is 0.345 e. The number of rotatable bonds is 6. The van der Waals surface area contributed by atoms with E-state index in [9.17, 15) is 18.0 Å². The Labute approximate surface area is 203 Å². The van der Waals surface area contributed by atoms with E-state index in [0.717, 1.165) is 6.54 Å². The number of fused-ring (bicyclic) bond motifs is 1. The van der Waals surface area contributed by atoms with Gasteiger partial charge in [0.05, 0.1) is 4.90 Å². The van der Waals surface area contributed by atoms with E-state index in [-0.39, 0.29) is 22.6 Å². The number of piperidine rings is 3. The Kier molecular flexibility index (Phi) is 7.94. The van der Waals surface area contributed by atoms with Crippen molar-refractivity contribution < 1.29 is 18.0 Å². The highest BCUT2D eigenvalue weighted by Crippen LogP contribution is 2.32. The number of sulfonamides is 1. The number of nitrogens with one attached hydrogen (secondary N) is 1. The molecule has 1 aromatic carbocycles. The van der Waals surface area contributed by atoms with Gasteiger partial charge in [-0.2, -0.15) is 4.31 Å². The summed E-state index contributed by atoms with van der Waals surface area (Å²) in [6.45, 7) is 5.30. The standard InChI is InChI=1S/C25H38N4O4S/c1-19(30)26-22-8-10-23(11-9-22)34(32,33)29-16-12-20(13-17-29)25(31)27(2)18-21-6-5-15-28-14-4-3-7-24(21)28/h8-11,20-21,24H,3-7,12-18H2,1-2H3,(H,26,30). The fourth-order valence-corrected chi connectivity index (χ4v) is 7.42. The molecule has 4 rings (SSSR count). The van der Waals surface area contributed by atoms with Crippen LogP contribution in [0.15, 0.2) is 29.2 Å². The van der Waals surface area contributed by atoms with Crippen LogP contribution < -0.4 is 5.32 Å². The summed E-state index contributed by atoms with van der Waals surface area (Å²) in [5, 5.41) is 2.64. The lowest BCUT2D eigenvalue weighted by Crippen LogP contribution is -2.52. The summed E-state index contributed by atoms with van der Waals surface area (Å²) in [5.41, 5.74) is 0.563. The molecule has 3 fully saturated rings. The van der Waals surface area contributed by atoms with Crippen LogP contribution in [0.5, 0.6) is 0 Å². The molecule has 2 atom stereocenters. The third kappa shape index (κ3) is 5.63. The molecule has 188 valence electrons. The fraction of sp³-hybridized carbons (Fsp3) is 0.680. The average Bonchev–Trinajstić information content (AvgIpc) is 2.84. The second-order valence-electron chi connectivity index (χ2n) is 10.1. The van der Waals surface area contributed by atoms with Crippen molar-refractivity contribution in [2.45, 2.75) is 62.8 Å². The van der Waals surface area contributed by atoms with Crippen LogP contribution in [0.2, 0.25) is 0 Å². The zero-order valence-electron chi connectivity index (χ0n) is 20.4. The third-order valence-electron chi connectivity index (χ3n) is 7.73. The minimum absolute atomic E-state index is 0.121. The molecule has 3 saturated heterocycles. The highest BCUT2D eigenvalue weighted by atomic mass is 32.2. The predicted molar refractivity (Wildman–Crippen MR) is 132 cm³/mol. The quantitative estimate of drug-likeness (QED) is 0.662. The van der Waals surface area contributed by atoms with Gasteiger partial charge in [-0.15, -0.1) is 0 Å². The molecule has 8 nitrogen and oxygen atoms in total. The van der Waals surface area contributed by atoms with E-state index in [1.54, 1.807) is 12.1 Å². The molecule has 0 saturated carbocycles. The minimum atomic E-state index is -3.62. The van der Waals surface area contributed by atoms with Gasteiger partial charge in [-0.05, 0) is 81.8 Å². The van der Waals surface area contributed by atoms with Gasteiger partial charge in [-0.3, -0.25) is 9.59 Å². The van der Waals surface area contributed by atoms with Gasteiger partial charge in [0.2, 0.25) is 21.8 Å². The molecule has 0 bridgehead atoms. The number of carbonyl (C=O) groups excluding carboxylic acids is 2. The number of hydrogen-bond donors (Lipinski definition) is 1. The van der Waals surface area contributed by atoms with Gasteiger partial charge in [-0.25, -0.2) is 8.42 Å². The number of hydrogen-bond acceptors (Lipinski definition) is 5. The van der Waals surface area contributed by atoms with Crippen LogP contribution in [0.1, 0.15) is 51.9 Å². The highest BCUT2D eigenvalue weighted by Gasteiger charge is 2.36. The summed E-state index contributed by atoms with van der Waals surface area (Å²) in [5.74, 6) is 0.380. The maximum atomic E-state index is 13.2. The second kappa shape index (κ2) is 10.7. The lowest BCUT2D eigenvalue weighted by atomic mass is 9.83. The summed E-state index contributed by atoms with van der Waals surface area (Å²) in [6, 6.07) is 6.84. The van der Waals surface area contributed by atoms with E-state index in [1.807, 2.05) is 11.9 Å². The van der Waals surface area contributed by atoms with Crippen molar-refractivity contribution in [2.75, 3.05) is 45.1 Å². The molecule has 3 aliphatic heterocycles. The first-order valence-electron chi connectivity index (χ1n) is 12.6. The molecule has 0 spiro atoms. The highest BCUT2D eigenvalue weighted by molar-refractivity contribution is 7.89. The SMILES string of the molecule is CC(=O)Nc1ccc(S(=O)(=O)N2CCC(C(=O)N(C)CC3CCCN4CCCCC34)CC2)cc1. The van der Waals surface area contributed by atoms with E-state index in [4.69, 9.17) is 0 Å². The van der Waals surface area contributed by atoms with Crippen molar-refractivity contribution in [3.8, 4) is 0 Å². The first kappa shape index (κ1) is 25.1. The number of carbonyl (C=O) groups is 2. The predicted octanol–water partition coefficient (Wildman–Crippen LogP) is 2.77. The molecule has 1 aromatic rings. The number of nitrogens with zero attached hydrogens (tertiary/aromatic N) is 3. The Balaban J connectivity index is 1.31. The summed E-state index contributed by atoms with van der Waals surface area (Å²) in [7, 11) is -1.70. The van der Waals surface area contributed by atoms with Crippen LogP contribution in [-0.2, 0) is 19.6 Å². The van der Waals surface area contributed by atoms with Gasteiger partial charge in [0, 0.05) is 51.3 Å². The van der Waals surface area contributed by atoms with Crippen LogP contribution in [0, 0.1) is 11.8 Å². The monoisotopic (exact) mass is 490 g/mol. The maximum Gasteiger partial charge on any atom is 0.243 e. The molecule has 0 radical (unpaired) electrons. The first-order chi connectivity index (χ1) is 16.3. The number of amides is 2. The van der Waals surface area contributed by atoms with Crippen molar-refractivity contribution in [2.24, 2.45) is 11.8 Å². The van der Waals surface area contributed by atoms with Gasteiger partial charge in [0.1, 0.15) is 0 Å². The zero-order chi connectivity index (χ0) is 24.3. The first-order valence-corrected chi connectivity index (χ1v) is 14.1. The molecule has 2 unspecified atom stereocenters. The fourth-order valence-electron chi connectivity index (χ4n) is 5.95. The Morgan fingerprint density at radius 2 is 1.65 bits per heavy atom. The van der Waals surface area contributed by atoms with Gasteiger partial charge in [-0.1, -0.05) is 6.42 Å². The van der Waals surface area contributed by atoms with Gasteiger partial charge < -0.3 is 15.1 Å². The van der Waals surface area contributed by atoms with E-state index >= 15 is 0 Å². The molecular weight excluding hydrogens is 452 g/mol. The van der Waals surface area contributed by atoms with Gasteiger partial charge in [0.25, 0.3) is 0 Å². The van der Waals surface area contributed by atoms with Crippen molar-refractivity contribution in [3.05, 3.63) is 24.3 Å². The molecule has 34 heavy (non-hydrogen) atoms. The average molecular weight is 491 g/mol. The molecular formula is C25H38N4O4S.